The zero-order valence-corrected chi connectivity index (χ0v) is 17.0. The number of likely N-dealkylation sites (tertiary alicyclic amines) is 1. The number of aromatic nitrogens is 1. The molecule has 142 valence electrons. The molecule has 0 aromatic carbocycles. The van der Waals surface area contributed by atoms with Gasteiger partial charge < -0.3 is 15.5 Å². The molecule has 1 aliphatic rings. The van der Waals surface area contributed by atoms with Gasteiger partial charge in [0.15, 0.2) is 5.96 Å². The Labute approximate surface area is 157 Å². The van der Waals surface area contributed by atoms with Crippen LogP contribution in [0.1, 0.15) is 69.5 Å². The summed E-state index contributed by atoms with van der Waals surface area (Å²) in [6.07, 6.45) is 6.70. The van der Waals surface area contributed by atoms with Crippen molar-refractivity contribution in [3.63, 3.8) is 0 Å². The second-order valence-corrected chi connectivity index (χ2v) is 7.95. The predicted octanol–water partition coefficient (Wildman–Crippen LogP) is 3.59. The van der Waals surface area contributed by atoms with Crippen molar-refractivity contribution in [2.75, 3.05) is 32.7 Å². The highest BCUT2D eigenvalue weighted by atomic mass is 32.1. The normalized spacial score (nSPS) is 16.9. The number of hydrogen-bond acceptors (Lipinski definition) is 4. The number of nitrogens with zero attached hydrogens (tertiary/aromatic N) is 3. The van der Waals surface area contributed by atoms with E-state index in [0.29, 0.717) is 12.5 Å². The number of rotatable bonds is 8. The van der Waals surface area contributed by atoms with Crippen molar-refractivity contribution in [2.45, 2.75) is 65.3 Å². The summed E-state index contributed by atoms with van der Waals surface area (Å²) >= 11 is 1.73. The molecule has 25 heavy (non-hydrogen) atoms. The molecule has 0 spiro atoms. The highest BCUT2D eigenvalue weighted by molar-refractivity contribution is 7.09. The Kier molecular flexibility index (Phi) is 9.26. The molecule has 0 saturated carbocycles. The molecule has 0 unspecified atom stereocenters. The summed E-state index contributed by atoms with van der Waals surface area (Å²) in [4.78, 5) is 12.0. The molecular formula is C19H35N5S. The van der Waals surface area contributed by atoms with Crippen LogP contribution < -0.4 is 10.6 Å². The fourth-order valence-electron chi connectivity index (χ4n) is 3.03. The minimum Gasteiger partial charge on any atom is -0.357 e. The van der Waals surface area contributed by atoms with Crippen LogP contribution in [0.2, 0.25) is 0 Å². The lowest BCUT2D eigenvalue weighted by Crippen LogP contribution is -2.39. The summed E-state index contributed by atoms with van der Waals surface area (Å²) in [5.74, 6) is 1.39. The molecule has 6 heteroatoms. The van der Waals surface area contributed by atoms with Gasteiger partial charge in [-0.3, -0.25) is 0 Å². The van der Waals surface area contributed by atoms with E-state index < -0.39 is 0 Å². The molecule has 2 heterocycles. The number of thiazole rings is 1. The Morgan fingerprint density at radius 3 is 2.64 bits per heavy atom. The van der Waals surface area contributed by atoms with Gasteiger partial charge in [-0.15, -0.1) is 11.3 Å². The standard InChI is InChI=1S/C19H35N5S/c1-4-20-19(22-14-17-15-25-18(23-17)16(2)3)21-10-9-13-24-11-7-5-6-8-12-24/h15-16H,4-14H2,1-3H3,(H2,20,21,22). The quantitative estimate of drug-likeness (QED) is 0.420. The highest BCUT2D eigenvalue weighted by Gasteiger charge is 2.08. The molecule has 1 aromatic rings. The number of aliphatic imine (C=N–C) groups is 1. The molecule has 1 saturated heterocycles. The topological polar surface area (TPSA) is 52.6 Å². The minimum absolute atomic E-state index is 0.494. The smallest absolute Gasteiger partial charge is 0.191 e. The molecule has 1 fully saturated rings. The predicted molar refractivity (Wildman–Crippen MR) is 109 cm³/mol. The summed E-state index contributed by atoms with van der Waals surface area (Å²) in [6.45, 7) is 12.7. The van der Waals surface area contributed by atoms with Crippen LogP contribution in [0.5, 0.6) is 0 Å². The molecule has 5 nitrogen and oxygen atoms in total. The van der Waals surface area contributed by atoms with Gasteiger partial charge in [-0.1, -0.05) is 26.7 Å². The summed E-state index contributed by atoms with van der Waals surface area (Å²) in [5.41, 5.74) is 1.07. The summed E-state index contributed by atoms with van der Waals surface area (Å²) < 4.78 is 0. The van der Waals surface area contributed by atoms with E-state index in [9.17, 15) is 0 Å². The third kappa shape index (κ3) is 7.74. The van der Waals surface area contributed by atoms with E-state index in [-0.39, 0.29) is 0 Å². The maximum absolute atomic E-state index is 4.68. The van der Waals surface area contributed by atoms with E-state index in [4.69, 9.17) is 0 Å². The molecule has 0 bridgehead atoms. The first kappa shape index (κ1) is 20.2. The molecule has 1 aromatic heterocycles. The number of nitrogens with one attached hydrogen (secondary N) is 2. The molecule has 2 rings (SSSR count). The molecule has 0 atom stereocenters. The first-order valence-electron chi connectivity index (χ1n) is 9.88. The average Bonchev–Trinajstić information content (AvgIpc) is 2.93. The molecule has 0 aliphatic carbocycles. The van der Waals surface area contributed by atoms with Gasteiger partial charge in [0.1, 0.15) is 0 Å². The second kappa shape index (κ2) is 11.5. The Balaban J connectivity index is 1.73. The first-order chi connectivity index (χ1) is 12.2. The van der Waals surface area contributed by atoms with Gasteiger partial charge in [-0.25, -0.2) is 9.98 Å². The fourth-order valence-corrected chi connectivity index (χ4v) is 3.86. The third-order valence-electron chi connectivity index (χ3n) is 4.45. The van der Waals surface area contributed by atoms with Crippen LogP contribution in [0.4, 0.5) is 0 Å². The minimum atomic E-state index is 0.494. The van der Waals surface area contributed by atoms with E-state index in [1.54, 1.807) is 11.3 Å². The van der Waals surface area contributed by atoms with Gasteiger partial charge in [-0.2, -0.15) is 0 Å². The van der Waals surface area contributed by atoms with E-state index in [1.807, 2.05) is 0 Å². The van der Waals surface area contributed by atoms with Crippen LogP contribution in [0, 0.1) is 0 Å². The van der Waals surface area contributed by atoms with Crippen LogP contribution in [0.3, 0.4) is 0 Å². The monoisotopic (exact) mass is 365 g/mol. The van der Waals surface area contributed by atoms with E-state index >= 15 is 0 Å². The summed E-state index contributed by atoms with van der Waals surface area (Å²) in [5, 5.41) is 10.1. The molecular weight excluding hydrogens is 330 g/mol. The van der Waals surface area contributed by atoms with Crippen molar-refractivity contribution < 1.29 is 0 Å². The third-order valence-corrected chi connectivity index (χ3v) is 5.64. The van der Waals surface area contributed by atoms with Crippen molar-refractivity contribution in [3.8, 4) is 0 Å². The van der Waals surface area contributed by atoms with Gasteiger partial charge in [0.2, 0.25) is 0 Å². The first-order valence-corrected chi connectivity index (χ1v) is 10.8. The van der Waals surface area contributed by atoms with E-state index in [0.717, 1.165) is 24.7 Å². The lowest BCUT2D eigenvalue weighted by molar-refractivity contribution is 0.282. The fraction of sp³-hybridized carbons (Fsp3) is 0.789. The van der Waals surface area contributed by atoms with Crippen molar-refractivity contribution in [3.05, 3.63) is 16.1 Å². The van der Waals surface area contributed by atoms with Crippen molar-refractivity contribution in [1.29, 1.82) is 0 Å². The van der Waals surface area contributed by atoms with Crippen LogP contribution in [0.25, 0.3) is 0 Å². The van der Waals surface area contributed by atoms with Crippen molar-refractivity contribution >= 4 is 17.3 Å². The van der Waals surface area contributed by atoms with Crippen LogP contribution >= 0.6 is 11.3 Å². The van der Waals surface area contributed by atoms with Crippen molar-refractivity contribution in [2.24, 2.45) is 4.99 Å². The summed E-state index contributed by atoms with van der Waals surface area (Å²) in [6, 6.07) is 0. The Morgan fingerprint density at radius 2 is 2.00 bits per heavy atom. The maximum Gasteiger partial charge on any atom is 0.191 e. The molecule has 0 radical (unpaired) electrons. The van der Waals surface area contributed by atoms with Gasteiger partial charge >= 0.3 is 0 Å². The van der Waals surface area contributed by atoms with Gasteiger partial charge in [0, 0.05) is 24.4 Å². The zero-order valence-electron chi connectivity index (χ0n) is 16.2. The number of hydrogen-bond donors (Lipinski definition) is 2. The number of guanidine groups is 1. The van der Waals surface area contributed by atoms with E-state index in [2.05, 4.69) is 51.7 Å². The SMILES string of the molecule is CCNC(=NCc1csc(C(C)C)n1)NCCCN1CCCCCC1. The molecule has 1 aliphatic heterocycles. The highest BCUT2D eigenvalue weighted by Crippen LogP contribution is 2.19. The van der Waals surface area contributed by atoms with Crippen LogP contribution in [-0.4, -0.2) is 48.6 Å². The Morgan fingerprint density at radius 1 is 1.24 bits per heavy atom. The van der Waals surface area contributed by atoms with Crippen LogP contribution in [0.15, 0.2) is 10.4 Å². The largest absolute Gasteiger partial charge is 0.357 e. The second-order valence-electron chi connectivity index (χ2n) is 7.06. The Bertz CT molecular complexity index is 504. The zero-order chi connectivity index (χ0) is 17.9. The molecule has 0 amide bonds. The van der Waals surface area contributed by atoms with Gasteiger partial charge in [-0.05, 0) is 45.8 Å². The maximum atomic E-state index is 4.68. The van der Waals surface area contributed by atoms with E-state index in [1.165, 1.54) is 56.7 Å². The average molecular weight is 366 g/mol. The van der Waals surface area contributed by atoms with Gasteiger partial charge in [0.25, 0.3) is 0 Å². The van der Waals surface area contributed by atoms with Crippen LogP contribution in [-0.2, 0) is 6.54 Å². The molecule has 2 N–H and O–H groups in total. The lowest BCUT2D eigenvalue weighted by atomic mass is 10.2. The van der Waals surface area contributed by atoms with Gasteiger partial charge in [0.05, 0.1) is 17.2 Å². The Hall–Kier alpha value is -1.14. The van der Waals surface area contributed by atoms with Crippen molar-refractivity contribution in [1.82, 2.24) is 20.5 Å². The summed E-state index contributed by atoms with van der Waals surface area (Å²) in [7, 11) is 0. The lowest BCUT2D eigenvalue weighted by Gasteiger charge is -2.20.